The van der Waals surface area contributed by atoms with Crippen molar-refractivity contribution in [2.45, 2.75) is 25.9 Å². The predicted octanol–water partition coefficient (Wildman–Crippen LogP) is 1.99. The number of sulfonamides is 1. The van der Waals surface area contributed by atoms with Gasteiger partial charge in [0.1, 0.15) is 0 Å². The van der Waals surface area contributed by atoms with Crippen molar-refractivity contribution in [3.05, 3.63) is 42.1 Å². The molecule has 1 aromatic carbocycles. The number of pyridine rings is 1. The Morgan fingerprint density at radius 1 is 1.26 bits per heavy atom. The molecule has 1 N–H and O–H groups in total. The van der Waals surface area contributed by atoms with E-state index in [1.807, 2.05) is 24.3 Å². The first-order valence-corrected chi connectivity index (χ1v) is 9.81. The van der Waals surface area contributed by atoms with Gasteiger partial charge >= 0.3 is 0 Å². The van der Waals surface area contributed by atoms with Gasteiger partial charge in [0.05, 0.1) is 17.5 Å². The van der Waals surface area contributed by atoms with Crippen molar-refractivity contribution in [2.24, 2.45) is 5.92 Å². The van der Waals surface area contributed by atoms with Gasteiger partial charge in [-0.05, 0) is 24.5 Å². The number of benzene rings is 1. The third-order valence-electron chi connectivity index (χ3n) is 4.54. The van der Waals surface area contributed by atoms with Crippen molar-refractivity contribution in [2.75, 3.05) is 19.3 Å². The number of nitrogens with one attached hydrogen (secondary N) is 1. The Labute approximate surface area is 137 Å². The molecular formula is C17H23N3O2S. The number of hydrogen-bond acceptors (Lipinski definition) is 4. The zero-order valence-corrected chi connectivity index (χ0v) is 14.4. The SMILES string of the molecule is C[C@H]1CN(S(C)(=O)=O)CC[C@@H]1NCc1ccc2ccccc2n1. The largest absolute Gasteiger partial charge is 0.308 e. The van der Waals surface area contributed by atoms with Crippen LogP contribution in [-0.2, 0) is 16.6 Å². The zero-order chi connectivity index (χ0) is 16.4. The molecule has 2 atom stereocenters. The maximum Gasteiger partial charge on any atom is 0.211 e. The number of fused-ring (bicyclic) bond motifs is 1. The molecule has 5 nitrogen and oxygen atoms in total. The lowest BCUT2D eigenvalue weighted by atomic mass is 9.95. The van der Waals surface area contributed by atoms with Crippen molar-refractivity contribution in [3.8, 4) is 0 Å². The Morgan fingerprint density at radius 3 is 2.78 bits per heavy atom. The molecule has 3 rings (SSSR count). The Hall–Kier alpha value is -1.50. The van der Waals surface area contributed by atoms with Crippen LogP contribution in [0.1, 0.15) is 19.0 Å². The molecular weight excluding hydrogens is 310 g/mol. The molecule has 1 fully saturated rings. The third-order valence-corrected chi connectivity index (χ3v) is 5.81. The Morgan fingerprint density at radius 2 is 2.04 bits per heavy atom. The van der Waals surface area contributed by atoms with Gasteiger partial charge in [-0.3, -0.25) is 4.98 Å². The van der Waals surface area contributed by atoms with Crippen LogP contribution in [0.4, 0.5) is 0 Å². The van der Waals surface area contributed by atoms with Crippen LogP contribution in [-0.4, -0.2) is 43.1 Å². The van der Waals surface area contributed by atoms with E-state index in [-0.39, 0.29) is 0 Å². The van der Waals surface area contributed by atoms with E-state index in [9.17, 15) is 8.42 Å². The summed E-state index contributed by atoms with van der Waals surface area (Å²) in [7, 11) is -3.08. The summed E-state index contributed by atoms with van der Waals surface area (Å²) in [6.07, 6.45) is 2.12. The first kappa shape index (κ1) is 16.4. The molecule has 0 aliphatic carbocycles. The quantitative estimate of drug-likeness (QED) is 0.929. The molecule has 0 amide bonds. The standard InChI is InChI=1S/C17H23N3O2S/c1-13-12-20(23(2,21)22)10-9-16(13)18-11-15-8-7-14-5-3-4-6-17(14)19-15/h3-8,13,16,18H,9-12H2,1-2H3/t13-,16-/m0/s1. The Bertz CT molecular complexity index is 791. The van der Waals surface area contributed by atoms with Gasteiger partial charge in [-0.2, -0.15) is 0 Å². The van der Waals surface area contributed by atoms with E-state index in [0.29, 0.717) is 31.6 Å². The second-order valence-electron chi connectivity index (χ2n) is 6.37. The van der Waals surface area contributed by atoms with Crippen molar-refractivity contribution < 1.29 is 8.42 Å². The zero-order valence-electron chi connectivity index (χ0n) is 13.6. The molecule has 1 saturated heterocycles. The van der Waals surface area contributed by atoms with E-state index in [4.69, 9.17) is 0 Å². The fraction of sp³-hybridized carbons (Fsp3) is 0.471. The summed E-state index contributed by atoms with van der Waals surface area (Å²) in [5.41, 5.74) is 2.02. The van der Waals surface area contributed by atoms with Gasteiger partial charge in [-0.15, -0.1) is 0 Å². The fourth-order valence-electron chi connectivity index (χ4n) is 3.15. The van der Waals surface area contributed by atoms with Gasteiger partial charge in [0.15, 0.2) is 0 Å². The molecule has 1 aliphatic heterocycles. The van der Waals surface area contributed by atoms with Gasteiger partial charge in [-0.1, -0.05) is 31.2 Å². The van der Waals surface area contributed by atoms with Gasteiger partial charge < -0.3 is 5.32 Å². The number of aromatic nitrogens is 1. The van der Waals surface area contributed by atoms with Crippen molar-refractivity contribution in [3.63, 3.8) is 0 Å². The predicted molar refractivity (Wildman–Crippen MR) is 92.6 cm³/mol. The van der Waals surface area contributed by atoms with E-state index in [1.165, 1.54) is 6.26 Å². The number of rotatable bonds is 4. The van der Waals surface area contributed by atoms with E-state index in [0.717, 1.165) is 23.0 Å². The molecule has 0 radical (unpaired) electrons. The van der Waals surface area contributed by atoms with Crippen molar-refractivity contribution in [1.82, 2.24) is 14.6 Å². The van der Waals surface area contributed by atoms with Gasteiger partial charge in [0.25, 0.3) is 0 Å². The highest BCUT2D eigenvalue weighted by atomic mass is 32.2. The van der Waals surface area contributed by atoms with E-state index in [1.54, 1.807) is 4.31 Å². The summed E-state index contributed by atoms with van der Waals surface area (Å²) in [5, 5.41) is 4.68. The first-order chi connectivity index (χ1) is 10.9. The minimum absolute atomic E-state index is 0.291. The van der Waals surface area contributed by atoms with Crippen LogP contribution < -0.4 is 5.32 Å². The Balaban J connectivity index is 1.61. The second kappa shape index (κ2) is 6.55. The molecule has 1 aliphatic rings. The molecule has 23 heavy (non-hydrogen) atoms. The van der Waals surface area contributed by atoms with Crippen LogP contribution in [0.5, 0.6) is 0 Å². The third kappa shape index (κ3) is 3.88. The minimum atomic E-state index is -3.08. The minimum Gasteiger partial charge on any atom is -0.308 e. The van der Waals surface area contributed by atoms with Crippen LogP contribution >= 0.6 is 0 Å². The average Bonchev–Trinajstić information content (AvgIpc) is 2.52. The van der Waals surface area contributed by atoms with Crippen LogP contribution in [0.3, 0.4) is 0 Å². The van der Waals surface area contributed by atoms with Crippen LogP contribution in [0.25, 0.3) is 10.9 Å². The monoisotopic (exact) mass is 333 g/mol. The normalized spacial score (nSPS) is 23.2. The topological polar surface area (TPSA) is 62.3 Å². The van der Waals surface area contributed by atoms with E-state index in [2.05, 4.69) is 29.4 Å². The number of nitrogens with zero attached hydrogens (tertiary/aromatic N) is 2. The highest BCUT2D eigenvalue weighted by Gasteiger charge is 2.30. The molecule has 0 bridgehead atoms. The molecule has 0 unspecified atom stereocenters. The van der Waals surface area contributed by atoms with E-state index >= 15 is 0 Å². The molecule has 2 aromatic rings. The summed E-state index contributed by atoms with van der Waals surface area (Å²) >= 11 is 0. The van der Waals surface area contributed by atoms with Gasteiger partial charge in [0, 0.05) is 31.1 Å². The first-order valence-electron chi connectivity index (χ1n) is 7.96. The lowest BCUT2D eigenvalue weighted by Crippen LogP contribution is -2.49. The number of piperidine rings is 1. The van der Waals surface area contributed by atoms with Crippen LogP contribution in [0.2, 0.25) is 0 Å². The molecule has 0 saturated carbocycles. The summed E-state index contributed by atoms with van der Waals surface area (Å²) in [4.78, 5) is 4.67. The van der Waals surface area contributed by atoms with Crippen LogP contribution in [0.15, 0.2) is 36.4 Å². The average molecular weight is 333 g/mol. The second-order valence-corrected chi connectivity index (χ2v) is 8.35. The highest BCUT2D eigenvalue weighted by molar-refractivity contribution is 7.88. The molecule has 6 heteroatoms. The van der Waals surface area contributed by atoms with E-state index < -0.39 is 10.0 Å². The highest BCUT2D eigenvalue weighted by Crippen LogP contribution is 2.19. The smallest absolute Gasteiger partial charge is 0.211 e. The molecule has 1 aromatic heterocycles. The lowest BCUT2D eigenvalue weighted by molar-refractivity contribution is 0.219. The summed E-state index contributed by atoms with van der Waals surface area (Å²) in [6, 6.07) is 12.5. The summed E-state index contributed by atoms with van der Waals surface area (Å²) in [5.74, 6) is 0.291. The molecule has 124 valence electrons. The van der Waals surface area contributed by atoms with Crippen molar-refractivity contribution >= 4 is 20.9 Å². The van der Waals surface area contributed by atoms with Gasteiger partial charge in [0.2, 0.25) is 10.0 Å². The molecule has 2 heterocycles. The fourth-order valence-corrected chi connectivity index (χ4v) is 4.10. The number of hydrogen-bond donors (Lipinski definition) is 1. The Kier molecular flexibility index (Phi) is 4.66. The van der Waals surface area contributed by atoms with Gasteiger partial charge in [-0.25, -0.2) is 12.7 Å². The van der Waals surface area contributed by atoms with Crippen molar-refractivity contribution in [1.29, 1.82) is 0 Å². The molecule has 0 spiro atoms. The van der Waals surface area contributed by atoms with Crippen LogP contribution in [0, 0.1) is 5.92 Å². The maximum atomic E-state index is 11.6. The number of para-hydroxylation sites is 1. The maximum absolute atomic E-state index is 11.6. The summed E-state index contributed by atoms with van der Waals surface area (Å²) < 4.78 is 24.8. The summed E-state index contributed by atoms with van der Waals surface area (Å²) in [6.45, 7) is 3.98. The lowest BCUT2D eigenvalue weighted by Gasteiger charge is -2.36.